The zero-order valence-corrected chi connectivity index (χ0v) is 14.0. The first-order chi connectivity index (χ1) is 11.2. The Morgan fingerprint density at radius 3 is 2.58 bits per heavy atom. The van der Waals surface area contributed by atoms with Gasteiger partial charge in [-0.3, -0.25) is 4.79 Å². The van der Waals surface area contributed by atoms with Gasteiger partial charge < -0.3 is 15.0 Å². The van der Waals surface area contributed by atoms with Gasteiger partial charge in [0.2, 0.25) is 5.91 Å². The third-order valence-corrected chi connectivity index (χ3v) is 3.88. The Kier molecular flexibility index (Phi) is 6.58. The molecule has 2 aromatic carbocycles. The number of amides is 1. The minimum Gasteiger partial charge on any atom is -0.376 e. The van der Waals surface area contributed by atoms with Crippen LogP contribution in [0.2, 0.25) is 0 Å². The number of halogens is 2. The lowest BCUT2D eigenvalue weighted by molar-refractivity contribution is -0.137. The number of carbonyl (C=O) groups excluding carboxylic acids is 1. The summed E-state index contributed by atoms with van der Waals surface area (Å²) in [5, 5.41) is 3.12. The molecule has 0 saturated carbocycles. The van der Waals surface area contributed by atoms with E-state index in [1.165, 1.54) is 12.1 Å². The van der Waals surface area contributed by atoms with E-state index < -0.39 is 0 Å². The zero-order valence-electron chi connectivity index (χ0n) is 13.2. The second-order valence-corrected chi connectivity index (χ2v) is 5.47. The molecule has 3 rings (SSSR count). The topological polar surface area (TPSA) is 41.6 Å². The van der Waals surface area contributed by atoms with E-state index in [2.05, 4.69) is 5.32 Å². The van der Waals surface area contributed by atoms with Crippen LogP contribution in [0, 0.1) is 5.82 Å². The Balaban J connectivity index is 0.00000208. The maximum atomic E-state index is 13.0. The fourth-order valence-corrected chi connectivity index (χ4v) is 2.60. The van der Waals surface area contributed by atoms with Crippen LogP contribution >= 0.6 is 12.4 Å². The molecule has 1 fully saturated rings. The first-order valence-corrected chi connectivity index (χ1v) is 7.66. The molecular weight excluding hydrogens is 331 g/mol. The Labute approximate surface area is 147 Å². The molecule has 0 bridgehead atoms. The quantitative estimate of drug-likeness (QED) is 0.920. The van der Waals surface area contributed by atoms with E-state index in [0.29, 0.717) is 19.7 Å². The number of hydrogen-bond acceptors (Lipinski definition) is 3. The fraction of sp³-hybridized carbons (Fsp3) is 0.278. The average Bonchev–Trinajstić information content (AvgIpc) is 2.61. The Morgan fingerprint density at radius 1 is 1.17 bits per heavy atom. The van der Waals surface area contributed by atoms with Gasteiger partial charge in [-0.1, -0.05) is 30.3 Å². The number of carbonyl (C=O) groups is 1. The highest BCUT2D eigenvalue weighted by Crippen LogP contribution is 2.22. The van der Waals surface area contributed by atoms with Crippen molar-refractivity contribution in [1.82, 2.24) is 4.90 Å². The first-order valence-electron chi connectivity index (χ1n) is 7.66. The van der Waals surface area contributed by atoms with E-state index in [1.807, 2.05) is 30.3 Å². The summed E-state index contributed by atoms with van der Waals surface area (Å²) in [5.41, 5.74) is 1.81. The number of ether oxygens (including phenoxy) is 1. The number of hydrogen-bond donors (Lipinski definition) is 1. The van der Waals surface area contributed by atoms with Gasteiger partial charge in [-0.15, -0.1) is 12.4 Å². The molecule has 4 nitrogen and oxygen atoms in total. The van der Waals surface area contributed by atoms with E-state index in [9.17, 15) is 9.18 Å². The van der Waals surface area contributed by atoms with E-state index in [-0.39, 0.29) is 36.8 Å². The lowest BCUT2D eigenvalue weighted by Crippen LogP contribution is -2.44. The minimum absolute atomic E-state index is 0. The SMILES string of the molecule is Cl.O=C(CNc1ccccc1)N1CCOC(c2ccc(F)cc2)C1. The predicted octanol–water partition coefficient (Wildman–Crippen LogP) is 3.26. The number of nitrogens with zero attached hydrogens (tertiary/aromatic N) is 1. The summed E-state index contributed by atoms with van der Waals surface area (Å²) in [7, 11) is 0. The molecule has 0 aromatic heterocycles. The van der Waals surface area contributed by atoms with Crippen LogP contribution in [-0.2, 0) is 9.53 Å². The van der Waals surface area contributed by atoms with Crippen LogP contribution in [0.3, 0.4) is 0 Å². The number of anilines is 1. The van der Waals surface area contributed by atoms with E-state index in [4.69, 9.17) is 4.74 Å². The lowest BCUT2D eigenvalue weighted by Gasteiger charge is -2.33. The van der Waals surface area contributed by atoms with Crippen molar-refractivity contribution in [3.05, 3.63) is 66.0 Å². The molecule has 1 unspecified atom stereocenters. The van der Waals surface area contributed by atoms with Crippen molar-refractivity contribution < 1.29 is 13.9 Å². The lowest BCUT2D eigenvalue weighted by atomic mass is 10.1. The van der Waals surface area contributed by atoms with Crippen LogP contribution in [0.15, 0.2) is 54.6 Å². The smallest absolute Gasteiger partial charge is 0.242 e. The maximum absolute atomic E-state index is 13.0. The van der Waals surface area contributed by atoms with Gasteiger partial charge in [0.1, 0.15) is 11.9 Å². The molecule has 1 heterocycles. The van der Waals surface area contributed by atoms with Crippen molar-refractivity contribution in [3.8, 4) is 0 Å². The van der Waals surface area contributed by atoms with Crippen LogP contribution < -0.4 is 5.32 Å². The van der Waals surface area contributed by atoms with Gasteiger partial charge >= 0.3 is 0 Å². The molecule has 2 aromatic rings. The van der Waals surface area contributed by atoms with Crippen molar-refractivity contribution in [1.29, 1.82) is 0 Å². The van der Waals surface area contributed by atoms with Crippen molar-refractivity contribution in [2.24, 2.45) is 0 Å². The molecule has 6 heteroatoms. The summed E-state index contributed by atoms with van der Waals surface area (Å²) in [5.74, 6) is -0.242. The molecule has 0 spiro atoms. The monoisotopic (exact) mass is 350 g/mol. The molecule has 1 aliphatic rings. The molecular formula is C18H20ClFN2O2. The Hall–Kier alpha value is -2.11. The highest BCUT2D eigenvalue weighted by Gasteiger charge is 2.25. The van der Waals surface area contributed by atoms with Gasteiger partial charge in [0, 0.05) is 12.2 Å². The summed E-state index contributed by atoms with van der Waals surface area (Å²) < 4.78 is 18.7. The summed E-state index contributed by atoms with van der Waals surface area (Å²) in [4.78, 5) is 14.1. The van der Waals surface area contributed by atoms with Gasteiger partial charge in [-0.05, 0) is 29.8 Å². The van der Waals surface area contributed by atoms with E-state index >= 15 is 0 Å². The number of rotatable bonds is 4. The van der Waals surface area contributed by atoms with Crippen LogP contribution in [-0.4, -0.2) is 37.0 Å². The summed E-state index contributed by atoms with van der Waals surface area (Å²) >= 11 is 0. The molecule has 1 saturated heterocycles. The summed E-state index contributed by atoms with van der Waals surface area (Å²) in [6, 6.07) is 15.9. The highest BCUT2D eigenvalue weighted by molar-refractivity contribution is 5.85. The number of nitrogens with one attached hydrogen (secondary N) is 1. The molecule has 1 amide bonds. The zero-order chi connectivity index (χ0) is 16.1. The Morgan fingerprint density at radius 2 is 1.88 bits per heavy atom. The average molecular weight is 351 g/mol. The predicted molar refractivity (Wildman–Crippen MR) is 93.9 cm³/mol. The summed E-state index contributed by atoms with van der Waals surface area (Å²) in [6.45, 7) is 1.80. The molecule has 24 heavy (non-hydrogen) atoms. The summed E-state index contributed by atoms with van der Waals surface area (Å²) in [6.07, 6.45) is -0.204. The van der Waals surface area contributed by atoms with Crippen molar-refractivity contribution in [3.63, 3.8) is 0 Å². The van der Waals surface area contributed by atoms with Crippen LogP contribution in [0.25, 0.3) is 0 Å². The minimum atomic E-state index is -0.274. The first kappa shape index (κ1) is 18.2. The van der Waals surface area contributed by atoms with Gasteiger partial charge in [0.25, 0.3) is 0 Å². The molecule has 1 aliphatic heterocycles. The number of benzene rings is 2. The molecule has 0 aliphatic carbocycles. The van der Waals surface area contributed by atoms with Crippen LogP contribution in [0.4, 0.5) is 10.1 Å². The number of para-hydroxylation sites is 1. The Bertz CT molecular complexity index is 652. The van der Waals surface area contributed by atoms with Crippen LogP contribution in [0.5, 0.6) is 0 Å². The third kappa shape index (κ3) is 4.69. The van der Waals surface area contributed by atoms with Crippen molar-refractivity contribution in [2.45, 2.75) is 6.10 Å². The maximum Gasteiger partial charge on any atom is 0.242 e. The normalized spacial score (nSPS) is 17.0. The van der Waals surface area contributed by atoms with Gasteiger partial charge in [0.15, 0.2) is 0 Å². The second kappa shape index (κ2) is 8.66. The molecule has 128 valence electrons. The standard InChI is InChI=1S/C18H19FN2O2.ClH/c19-15-8-6-14(7-9-15)17-13-21(10-11-23-17)18(22)12-20-16-4-2-1-3-5-16;/h1-9,17,20H,10-13H2;1H. The molecule has 1 atom stereocenters. The van der Waals surface area contributed by atoms with E-state index in [1.54, 1.807) is 17.0 Å². The van der Waals surface area contributed by atoms with Gasteiger partial charge in [0.05, 0.1) is 19.7 Å². The van der Waals surface area contributed by atoms with Crippen molar-refractivity contribution >= 4 is 24.0 Å². The molecule has 0 radical (unpaired) electrons. The van der Waals surface area contributed by atoms with Gasteiger partial charge in [-0.2, -0.15) is 0 Å². The third-order valence-electron chi connectivity index (χ3n) is 3.88. The fourth-order valence-electron chi connectivity index (χ4n) is 2.60. The van der Waals surface area contributed by atoms with Gasteiger partial charge in [-0.25, -0.2) is 4.39 Å². The molecule has 1 N–H and O–H groups in total. The number of morpholine rings is 1. The highest BCUT2D eigenvalue weighted by atomic mass is 35.5. The largest absolute Gasteiger partial charge is 0.376 e. The van der Waals surface area contributed by atoms with E-state index in [0.717, 1.165) is 11.3 Å². The van der Waals surface area contributed by atoms with Crippen molar-refractivity contribution in [2.75, 3.05) is 31.6 Å². The second-order valence-electron chi connectivity index (χ2n) is 5.47. The van der Waals surface area contributed by atoms with Crippen LogP contribution in [0.1, 0.15) is 11.7 Å².